The van der Waals surface area contributed by atoms with Crippen LogP contribution in [-0.2, 0) is 10.0 Å². The molecule has 8 heteroatoms. The summed E-state index contributed by atoms with van der Waals surface area (Å²) in [7, 11) is -3.61. The van der Waals surface area contributed by atoms with E-state index in [9.17, 15) is 12.8 Å². The van der Waals surface area contributed by atoms with Gasteiger partial charge >= 0.3 is 0 Å². The number of halogens is 1. The molecule has 1 N–H and O–H groups in total. The van der Waals surface area contributed by atoms with Crippen LogP contribution in [0.3, 0.4) is 0 Å². The van der Waals surface area contributed by atoms with Gasteiger partial charge < -0.3 is 10.2 Å². The van der Waals surface area contributed by atoms with Gasteiger partial charge in [0.1, 0.15) is 5.82 Å². The number of nitrogens with zero attached hydrogens (tertiary/aromatic N) is 2. The fraction of sp³-hybridized carbons (Fsp3) is 0.235. The quantitative estimate of drug-likeness (QED) is 0.831. The lowest BCUT2D eigenvalue weighted by atomic mass is 10.3. The highest BCUT2D eigenvalue weighted by Crippen LogP contribution is 2.18. The van der Waals surface area contributed by atoms with Crippen molar-refractivity contribution >= 4 is 33.0 Å². The van der Waals surface area contributed by atoms with E-state index in [0.29, 0.717) is 31.3 Å². The molecule has 0 saturated carbocycles. The van der Waals surface area contributed by atoms with Gasteiger partial charge in [0.05, 0.1) is 4.90 Å². The van der Waals surface area contributed by atoms with Crippen LogP contribution in [0.2, 0.25) is 0 Å². The Morgan fingerprint density at radius 3 is 2.16 bits per heavy atom. The molecule has 132 valence electrons. The first-order chi connectivity index (χ1) is 12.0. The number of piperazine rings is 1. The zero-order valence-electron chi connectivity index (χ0n) is 13.4. The normalized spacial score (nSPS) is 15.8. The van der Waals surface area contributed by atoms with Crippen molar-refractivity contribution in [2.75, 3.05) is 31.5 Å². The summed E-state index contributed by atoms with van der Waals surface area (Å²) in [4.78, 5) is 2.05. The maximum absolute atomic E-state index is 13.0. The Bertz CT molecular complexity index is 834. The summed E-state index contributed by atoms with van der Waals surface area (Å²) in [5.74, 6) is -0.457. The van der Waals surface area contributed by atoms with Gasteiger partial charge in [-0.1, -0.05) is 18.2 Å². The second kappa shape index (κ2) is 7.47. The molecular formula is C17H18FN3O2S2. The monoisotopic (exact) mass is 379 g/mol. The van der Waals surface area contributed by atoms with Crippen molar-refractivity contribution in [2.24, 2.45) is 0 Å². The Hall–Kier alpha value is -2.03. The van der Waals surface area contributed by atoms with E-state index in [2.05, 4.69) is 5.32 Å². The van der Waals surface area contributed by atoms with Gasteiger partial charge in [0, 0.05) is 31.9 Å². The zero-order chi connectivity index (χ0) is 17.9. The molecule has 0 bridgehead atoms. The molecule has 1 aliphatic rings. The molecule has 3 rings (SSSR count). The number of rotatable bonds is 3. The molecule has 0 spiro atoms. The van der Waals surface area contributed by atoms with E-state index in [-0.39, 0.29) is 4.90 Å². The van der Waals surface area contributed by atoms with Crippen molar-refractivity contribution in [2.45, 2.75) is 4.90 Å². The van der Waals surface area contributed by atoms with Gasteiger partial charge in [-0.05, 0) is 48.6 Å². The van der Waals surface area contributed by atoms with Crippen LogP contribution >= 0.6 is 12.2 Å². The average molecular weight is 379 g/mol. The average Bonchev–Trinajstić information content (AvgIpc) is 2.63. The van der Waals surface area contributed by atoms with Gasteiger partial charge in [-0.25, -0.2) is 12.8 Å². The predicted molar refractivity (Wildman–Crippen MR) is 99.4 cm³/mol. The number of anilines is 1. The second-order valence-corrected chi connectivity index (χ2v) is 7.97. The van der Waals surface area contributed by atoms with Crippen molar-refractivity contribution in [3.8, 4) is 0 Å². The highest BCUT2D eigenvalue weighted by Gasteiger charge is 2.29. The lowest BCUT2D eigenvalue weighted by molar-refractivity contribution is 0.268. The predicted octanol–water partition coefficient (Wildman–Crippen LogP) is 2.53. The van der Waals surface area contributed by atoms with E-state index >= 15 is 0 Å². The van der Waals surface area contributed by atoms with Crippen molar-refractivity contribution < 1.29 is 12.8 Å². The Morgan fingerprint density at radius 2 is 1.56 bits per heavy atom. The van der Waals surface area contributed by atoms with Crippen molar-refractivity contribution in [3.63, 3.8) is 0 Å². The smallest absolute Gasteiger partial charge is 0.243 e. The van der Waals surface area contributed by atoms with Crippen molar-refractivity contribution in [3.05, 3.63) is 60.4 Å². The maximum atomic E-state index is 13.0. The Kier molecular flexibility index (Phi) is 5.31. The molecular weight excluding hydrogens is 361 g/mol. The van der Waals surface area contributed by atoms with Crippen molar-refractivity contribution in [1.29, 1.82) is 0 Å². The van der Waals surface area contributed by atoms with E-state index in [1.807, 2.05) is 35.2 Å². The number of sulfonamides is 1. The van der Waals surface area contributed by atoms with Crippen LogP contribution in [0.4, 0.5) is 10.1 Å². The lowest BCUT2D eigenvalue weighted by Crippen LogP contribution is -2.51. The summed E-state index contributed by atoms with van der Waals surface area (Å²) < 4.78 is 39.6. The first kappa shape index (κ1) is 17.8. The summed E-state index contributed by atoms with van der Waals surface area (Å²) in [5, 5.41) is 3.72. The van der Waals surface area contributed by atoms with Gasteiger partial charge in [0.15, 0.2) is 5.11 Å². The topological polar surface area (TPSA) is 52.7 Å². The molecule has 0 aromatic heterocycles. The van der Waals surface area contributed by atoms with Crippen LogP contribution in [0.5, 0.6) is 0 Å². The van der Waals surface area contributed by atoms with E-state index in [4.69, 9.17) is 12.2 Å². The SMILES string of the molecule is O=S(=O)(c1ccc(F)cc1)N1CCN(C(=S)Nc2ccccc2)CC1. The van der Waals surface area contributed by atoms with Crippen LogP contribution in [-0.4, -0.2) is 48.9 Å². The molecule has 0 atom stereocenters. The number of thiocarbonyl (C=S) groups is 1. The van der Waals surface area contributed by atoms with Gasteiger partial charge in [0.2, 0.25) is 10.0 Å². The Labute approximate surface area is 152 Å². The molecule has 25 heavy (non-hydrogen) atoms. The molecule has 0 amide bonds. The van der Waals surface area contributed by atoms with Gasteiger partial charge in [-0.2, -0.15) is 4.31 Å². The summed E-state index contributed by atoms with van der Waals surface area (Å²) >= 11 is 5.40. The third-order valence-corrected chi connectivity index (χ3v) is 6.28. The number of nitrogens with one attached hydrogen (secondary N) is 1. The minimum absolute atomic E-state index is 0.104. The second-order valence-electron chi connectivity index (χ2n) is 5.64. The summed E-state index contributed by atoms with van der Waals surface area (Å²) in [6.45, 7) is 1.66. The lowest BCUT2D eigenvalue weighted by Gasteiger charge is -2.35. The highest BCUT2D eigenvalue weighted by molar-refractivity contribution is 7.89. The minimum atomic E-state index is -3.61. The van der Waals surface area contributed by atoms with Crippen LogP contribution in [0.15, 0.2) is 59.5 Å². The Morgan fingerprint density at radius 1 is 0.960 bits per heavy atom. The van der Waals surface area contributed by atoms with Gasteiger partial charge in [-0.15, -0.1) is 0 Å². The standard InChI is InChI=1S/C17H18FN3O2S2/c18-14-6-8-16(9-7-14)25(22,23)21-12-10-20(11-13-21)17(24)19-15-4-2-1-3-5-15/h1-9H,10-13H2,(H,19,24). The molecule has 1 heterocycles. The molecule has 5 nitrogen and oxygen atoms in total. The molecule has 2 aromatic carbocycles. The third kappa shape index (κ3) is 4.15. The summed E-state index contributed by atoms with van der Waals surface area (Å²) in [6.07, 6.45) is 0. The van der Waals surface area contributed by atoms with Gasteiger partial charge in [-0.3, -0.25) is 0 Å². The Balaban J connectivity index is 1.61. The molecule has 1 fully saturated rings. The molecule has 1 aliphatic heterocycles. The molecule has 0 radical (unpaired) electrons. The highest BCUT2D eigenvalue weighted by atomic mass is 32.2. The summed E-state index contributed by atoms with van der Waals surface area (Å²) in [6, 6.07) is 14.5. The van der Waals surface area contributed by atoms with E-state index < -0.39 is 15.8 Å². The molecule has 0 aliphatic carbocycles. The van der Waals surface area contributed by atoms with Crippen LogP contribution in [0, 0.1) is 5.82 Å². The number of benzene rings is 2. The van der Waals surface area contributed by atoms with Crippen molar-refractivity contribution in [1.82, 2.24) is 9.21 Å². The fourth-order valence-corrected chi connectivity index (χ4v) is 4.33. The first-order valence-electron chi connectivity index (χ1n) is 7.83. The maximum Gasteiger partial charge on any atom is 0.243 e. The van der Waals surface area contributed by atoms with Crippen LogP contribution in [0.1, 0.15) is 0 Å². The number of hydrogen-bond acceptors (Lipinski definition) is 3. The van der Waals surface area contributed by atoms with Crippen LogP contribution < -0.4 is 5.32 Å². The van der Waals surface area contributed by atoms with Gasteiger partial charge in [0.25, 0.3) is 0 Å². The zero-order valence-corrected chi connectivity index (χ0v) is 15.1. The minimum Gasteiger partial charge on any atom is -0.346 e. The molecule has 0 unspecified atom stereocenters. The van der Waals surface area contributed by atoms with E-state index in [1.165, 1.54) is 16.4 Å². The summed E-state index contributed by atoms with van der Waals surface area (Å²) in [5.41, 5.74) is 0.897. The molecule has 1 saturated heterocycles. The third-order valence-electron chi connectivity index (χ3n) is 4.00. The fourth-order valence-electron chi connectivity index (χ4n) is 2.61. The first-order valence-corrected chi connectivity index (χ1v) is 9.68. The van der Waals surface area contributed by atoms with E-state index in [0.717, 1.165) is 17.8 Å². The molecule has 2 aromatic rings. The van der Waals surface area contributed by atoms with Crippen LogP contribution in [0.25, 0.3) is 0 Å². The largest absolute Gasteiger partial charge is 0.346 e. The number of para-hydroxylation sites is 1. The van der Waals surface area contributed by atoms with E-state index in [1.54, 1.807) is 0 Å². The number of hydrogen-bond donors (Lipinski definition) is 1.